The molecule has 0 unspecified atom stereocenters. The Balaban J connectivity index is 1.29. The van der Waals surface area contributed by atoms with Crippen molar-refractivity contribution in [1.29, 1.82) is 0 Å². The quantitative estimate of drug-likeness (QED) is 0.272. The SMILES string of the molecule is O=C(Nc1cncc(-c2ncc3[nH]nc(-c4nc5c(-c6ccccn6)cncc5[nH]4)c3c2F)c1)c1ccccc1. The summed E-state index contributed by atoms with van der Waals surface area (Å²) in [6.45, 7) is 0. The third kappa shape index (κ3) is 4.02. The van der Waals surface area contributed by atoms with Crippen molar-refractivity contribution < 1.29 is 9.18 Å². The molecule has 11 heteroatoms. The summed E-state index contributed by atoms with van der Waals surface area (Å²) in [6, 6.07) is 16.0. The Morgan fingerprint density at radius 2 is 1.70 bits per heavy atom. The van der Waals surface area contributed by atoms with Crippen LogP contribution in [0.15, 0.2) is 91.8 Å². The maximum atomic E-state index is 16.1. The summed E-state index contributed by atoms with van der Waals surface area (Å²) in [5.41, 5.74) is 4.81. The molecule has 3 N–H and O–H groups in total. The number of amides is 1. The Morgan fingerprint density at radius 3 is 2.55 bits per heavy atom. The van der Waals surface area contributed by atoms with Gasteiger partial charge in [-0.2, -0.15) is 5.10 Å². The van der Waals surface area contributed by atoms with Crippen molar-refractivity contribution in [3.8, 4) is 34.0 Å². The van der Waals surface area contributed by atoms with Crippen LogP contribution in [-0.2, 0) is 0 Å². The van der Waals surface area contributed by atoms with Crippen molar-refractivity contribution in [3.63, 3.8) is 0 Å². The molecule has 10 nitrogen and oxygen atoms in total. The van der Waals surface area contributed by atoms with Crippen molar-refractivity contribution >= 4 is 33.5 Å². The first-order chi connectivity index (χ1) is 19.7. The van der Waals surface area contributed by atoms with E-state index in [-0.39, 0.29) is 17.0 Å². The standard InChI is InChI=1S/C29H18FN9O/c30-24-23-21(15-34-25(24)17-10-18(12-31-11-17)35-29(40)16-6-2-1-3-7-16)38-39-27(23)28-36-22-14-32-13-19(26(22)37-28)20-8-4-5-9-33-20/h1-15H,(H,35,40)(H,36,37)(H,38,39). The highest BCUT2D eigenvalue weighted by molar-refractivity contribution is 6.04. The summed E-state index contributed by atoms with van der Waals surface area (Å²) in [6.07, 6.45) is 9.52. The van der Waals surface area contributed by atoms with Crippen molar-refractivity contribution in [2.45, 2.75) is 0 Å². The van der Waals surface area contributed by atoms with Crippen LogP contribution in [0.25, 0.3) is 56.0 Å². The largest absolute Gasteiger partial charge is 0.335 e. The summed E-state index contributed by atoms with van der Waals surface area (Å²) < 4.78 is 16.1. The molecule has 0 atom stereocenters. The molecule has 6 heterocycles. The summed E-state index contributed by atoms with van der Waals surface area (Å²) in [4.78, 5) is 37.7. The van der Waals surface area contributed by atoms with Crippen molar-refractivity contribution in [3.05, 3.63) is 103 Å². The van der Waals surface area contributed by atoms with Gasteiger partial charge in [0.25, 0.3) is 5.91 Å². The molecule has 40 heavy (non-hydrogen) atoms. The molecule has 0 aliphatic heterocycles. The Morgan fingerprint density at radius 1 is 0.850 bits per heavy atom. The number of imidazole rings is 1. The van der Waals surface area contributed by atoms with E-state index >= 15 is 4.39 Å². The number of pyridine rings is 4. The van der Waals surface area contributed by atoms with E-state index in [1.54, 1.807) is 48.9 Å². The van der Waals surface area contributed by atoms with E-state index < -0.39 is 5.82 Å². The molecule has 6 aromatic heterocycles. The molecular formula is C29H18FN9O. The molecule has 0 fully saturated rings. The molecule has 7 rings (SSSR count). The molecule has 0 aliphatic rings. The van der Waals surface area contributed by atoms with Crippen molar-refractivity contribution in [2.75, 3.05) is 5.32 Å². The van der Waals surface area contributed by atoms with Gasteiger partial charge >= 0.3 is 0 Å². The van der Waals surface area contributed by atoms with Crippen LogP contribution in [-0.4, -0.2) is 46.0 Å². The summed E-state index contributed by atoms with van der Waals surface area (Å²) in [5.74, 6) is -0.535. The van der Waals surface area contributed by atoms with Crippen LogP contribution in [0, 0.1) is 5.82 Å². The molecule has 0 bridgehead atoms. The molecule has 0 saturated heterocycles. The molecule has 0 spiro atoms. The Bertz CT molecular complexity index is 2020. The summed E-state index contributed by atoms with van der Waals surface area (Å²) in [7, 11) is 0. The molecule has 192 valence electrons. The first-order valence-electron chi connectivity index (χ1n) is 12.3. The van der Waals surface area contributed by atoms with Gasteiger partial charge in [0.2, 0.25) is 0 Å². The predicted octanol–water partition coefficient (Wildman–Crippen LogP) is 5.41. The average molecular weight is 528 g/mol. The number of benzene rings is 1. The van der Waals surface area contributed by atoms with E-state index in [0.29, 0.717) is 44.9 Å². The number of hydrogen-bond acceptors (Lipinski definition) is 7. The second-order valence-corrected chi connectivity index (χ2v) is 8.95. The Kier molecular flexibility index (Phi) is 5.52. The number of nitrogens with zero attached hydrogens (tertiary/aromatic N) is 6. The number of rotatable bonds is 5. The lowest BCUT2D eigenvalue weighted by atomic mass is 10.1. The minimum atomic E-state index is -0.599. The zero-order valence-corrected chi connectivity index (χ0v) is 20.6. The average Bonchev–Trinajstić information content (AvgIpc) is 3.63. The second kappa shape index (κ2) is 9.48. The molecule has 0 radical (unpaired) electrons. The minimum Gasteiger partial charge on any atom is -0.335 e. The number of fused-ring (bicyclic) bond motifs is 2. The first kappa shape index (κ1) is 23.3. The molecule has 1 aromatic carbocycles. The zero-order valence-electron chi connectivity index (χ0n) is 20.6. The number of hydrogen-bond donors (Lipinski definition) is 3. The molecule has 7 aromatic rings. The van der Waals surface area contributed by atoms with Crippen LogP contribution >= 0.6 is 0 Å². The lowest BCUT2D eigenvalue weighted by Crippen LogP contribution is -2.11. The molecule has 0 aliphatic carbocycles. The summed E-state index contributed by atoms with van der Waals surface area (Å²) in [5, 5.41) is 10.2. The summed E-state index contributed by atoms with van der Waals surface area (Å²) >= 11 is 0. The highest BCUT2D eigenvalue weighted by Crippen LogP contribution is 2.34. The van der Waals surface area contributed by atoms with Gasteiger partial charge in [-0.1, -0.05) is 24.3 Å². The van der Waals surface area contributed by atoms with Crippen molar-refractivity contribution in [2.24, 2.45) is 0 Å². The number of H-pyrrole nitrogens is 2. The van der Waals surface area contributed by atoms with E-state index in [4.69, 9.17) is 4.98 Å². The fourth-order valence-electron chi connectivity index (χ4n) is 4.53. The number of halogens is 1. The highest BCUT2D eigenvalue weighted by atomic mass is 19.1. The first-order valence-corrected chi connectivity index (χ1v) is 12.3. The van der Waals surface area contributed by atoms with E-state index in [2.05, 4.69) is 40.4 Å². The van der Waals surface area contributed by atoms with Crippen molar-refractivity contribution in [1.82, 2.24) is 40.1 Å². The number of carbonyl (C=O) groups excluding carboxylic acids is 1. The van der Waals surface area contributed by atoms with Crippen LogP contribution < -0.4 is 5.32 Å². The molecular weight excluding hydrogens is 509 g/mol. The monoisotopic (exact) mass is 527 g/mol. The van der Waals surface area contributed by atoms with Gasteiger partial charge < -0.3 is 10.3 Å². The van der Waals surface area contributed by atoms with Gasteiger partial charge in [0.1, 0.15) is 16.9 Å². The molecule has 0 saturated carbocycles. The van der Waals surface area contributed by atoms with Crippen LogP contribution in [0.1, 0.15) is 10.4 Å². The van der Waals surface area contributed by atoms with Gasteiger partial charge in [-0.05, 0) is 30.3 Å². The lowest BCUT2D eigenvalue weighted by molar-refractivity contribution is 0.102. The number of aromatic amines is 2. The maximum Gasteiger partial charge on any atom is 0.255 e. The number of anilines is 1. The van der Waals surface area contributed by atoms with Crippen LogP contribution in [0.5, 0.6) is 0 Å². The van der Waals surface area contributed by atoms with E-state index in [1.165, 1.54) is 18.6 Å². The zero-order chi connectivity index (χ0) is 27.1. The number of nitrogens with one attached hydrogen (secondary N) is 3. The van der Waals surface area contributed by atoms with Gasteiger partial charge in [0.05, 0.1) is 46.4 Å². The van der Waals surface area contributed by atoms with Crippen LogP contribution in [0.2, 0.25) is 0 Å². The van der Waals surface area contributed by atoms with Gasteiger partial charge in [-0.25, -0.2) is 9.37 Å². The Hall–Kier alpha value is -5.84. The van der Waals surface area contributed by atoms with E-state index in [1.807, 2.05) is 24.3 Å². The smallest absolute Gasteiger partial charge is 0.255 e. The highest BCUT2D eigenvalue weighted by Gasteiger charge is 2.22. The van der Waals surface area contributed by atoms with Crippen LogP contribution in [0.3, 0.4) is 0 Å². The third-order valence-electron chi connectivity index (χ3n) is 6.41. The van der Waals surface area contributed by atoms with Gasteiger partial charge in [0, 0.05) is 35.3 Å². The van der Waals surface area contributed by atoms with Gasteiger partial charge in [0.15, 0.2) is 11.6 Å². The molecule has 1 amide bonds. The lowest BCUT2D eigenvalue weighted by Gasteiger charge is -2.08. The third-order valence-corrected chi connectivity index (χ3v) is 6.41. The Labute approximate surface area is 225 Å². The predicted molar refractivity (Wildman–Crippen MR) is 148 cm³/mol. The van der Waals surface area contributed by atoms with E-state index in [0.717, 1.165) is 11.3 Å². The normalized spacial score (nSPS) is 11.2. The maximum absolute atomic E-state index is 16.1. The van der Waals surface area contributed by atoms with Crippen LogP contribution in [0.4, 0.5) is 10.1 Å². The van der Waals surface area contributed by atoms with Gasteiger partial charge in [-0.3, -0.25) is 29.8 Å². The topological polar surface area (TPSA) is 138 Å². The second-order valence-electron chi connectivity index (χ2n) is 8.95. The number of carbonyl (C=O) groups is 1. The fourth-order valence-corrected chi connectivity index (χ4v) is 4.53. The fraction of sp³-hybridized carbons (Fsp3) is 0. The number of aromatic nitrogens is 8. The van der Waals surface area contributed by atoms with Gasteiger partial charge in [-0.15, -0.1) is 0 Å². The van der Waals surface area contributed by atoms with E-state index in [9.17, 15) is 4.79 Å². The minimum absolute atomic E-state index is 0.0606.